The van der Waals surface area contributed by atoms with Gasteiger partial charge in [-0.2, -0.15) is 5.10 Å². The van der Waals surface area contributed by atoms with E-state index in [1.165, 1.54) is 26.4 Å². The van der Waals surface area contributed by atoms with Gasteiger partial charge in [0.2, 0.25) is 0 Å². The van der Waals surface area contributed by atoms with Crippen molar-refractivity contribution in [3.05, 3.63) is 28.8 Å². The zero-order chi connectivity index (χ0) is 12.0. The van der Waals surface area contributed by atoms with Gasteiger partial charge >= 0.3 is 0 Å². The van der Waals surface area contributed by atoms with E-state index in [1.807, 2.05) is 30.8 Å². The third-order valence-electron chi connectivity index (χ3n) is 2.68. The molecule has 3 aromatic rings. The van der Waals surface area contributed by atoms with Crippen LogP contribution in [0.1, 0.15) is 15.4 Å². The summed E-state index contributed by atoms with van der Waals surface area (Å²) in [6, 6.07) is 6.02. The zero-order valence-corrected chi connectivity index (χ0v) is 11.1. The predicted molar refractivity (Wildman–Crippen MR) is 72.0 cm³/mol. The van der Waals surface area contributed by atoms with Gasteiger partial charge in [-0.1, -0.05) is 0 Å². The van der Waals surface area contributed by atoms with Gasteiger partial charge in [-0.25, -0.2) is 0 Å². The zero-order valence-electron chi connectivity index (χ0n) is 9.43. The molecule has 86 valence electrons. The molecule has 0 amide bonds. The molecule has 0 aromatic carbocycles. The first kappa shape index (κ1) is 10.7. The lowest BCUT2D eigenvalue weighted by Gasteiger charge is -1.90. The maximum absolute atomic E-state index is 10.7. The fourth-order valence-electron chi connectivity index (χ4n) is 1.88. The Labute approximate surface area is 106 Å². The summed E-state index contributed by atoms with van der Waals surface area (Å²) in [5, 5.41) is 5.58. The largest absolute Gasteiger partial charge is 0.297 e. The molecule has 0 saturated carbocycles. The van der Waals surface area contributed by atoms with Crippen molar-refractivity contribution in [2.24, 2.45) is 7.05 Å². The summed E-state index contributed by atoms with van der Waals surface area (Å²) >= 11 is 3.25. The molecule has 0 fully saturated rings. The summed E-state index contributed by atoms with van der Waals surface area (Å²) in [7, 11) is 1.96. The molecule has 0 N–H and O–H groups in total. The molecule has 0 atom stereocenters. The topological polar surface area (TPSA) is 34.9 Å². The first-order valence-electron chi connectivity index (χ1n) is 5.17. The lowest BCUT2D eigenvalue weighted by atomic mass is 10.3. The van der Waals surface area contributed by atoms with Crippen LogP contribution in [-0.4, -0.2) is 16.1 Å². The van der Waals surface area contributed by atoms with Crippen molar-refractivity contribution in [3.63, 3.8) is 0 Å². The Morgan fingerprint density at radius 2 is 2.12 bits per heavy atom. The highest BCUT2D eigenvalue weighted by Crippen LogP contribution is 2.37. The standard InChI is InChI=1S/C12H10N2OS2/c1-7-9-5-11(17-12(9)14(2)13-7)10-4-3-8(6-15)16-10/h3-6H,1-2H3. The van der Waals surface area contributed by atoms with Gasteiger partial charge in [-0.15, -0.1) is 22.7 Å². The maximum Gasteiger partial charge on any atom is 0.160 e. The Balaban J connectivity index is 2.17. The number of hydrogen-bond donors (Lipinski definition) is 0. The lowest BCUT2D eigenvalue weighted by Crippen LogP contribution is -1.87. The third-order valence-corrected chi connectivity index (χ3v) is 5.09. The highest BCUT2D eigenvalue weighted by Gasteiger charge is 2.12. The van der Waals surface area contributed by atoms with Crippen molar-refractivity contribution >= 4 is 39.2 Å². The molecule has 5 heteroatoms. The van der Waals surface area contributed by atoms with Crippen molar-refractivity contribution in [3.8, 4) is 9.75 Å². The second-order valence-electron chi connectivity index (χ2n) is 3.86. The molecule has 0 unspecified atom stereocenters. The molecule has 0 aliphatic carbocycles. The van der Waals surface area contributed by atoms with Crippen molar-refractivity contribution in [2.45, 2.75) is 6.92 Å². The maximum atomic E-state index is 10.7. The van der Waals surface area contributed by atoms with Gasteiger partial charge in [0.1, 0.15) is 4.83 Å². The number of rotatable bonds is 2. The number of fused-ring (bicyclic) bond motifs is 1. The number of aromatic nitrogens is 2. The predicted octanol–water partition coefficient (Wildman–Crippen LogP) is 3.48. The number of nitrogens with zero attached hydrogens (tertiary/aromatic N) is 2. The number of carbonyl (C=O) groups is 1. The van der Waals surface area contributed by atoms with E-state index in [4.69, 9.17) is 0 Å². The summed E-state index contributed by atoms with van der Waals surface area (Å²) in [5.41, 5.74) is 1.05. The Morgan fingerprint density at radius 1 is 1.29 bits per heavy atom. The smallest absolute Gasteiger partial charge is 0.160 e. The van der Waals surface area contributed by atoms with Crippen LogP contribution >= 0.6 is 22.7 Å². The van der Waals surface area contributed by atoms with Crippen molar-refractivity contribution in [1.29, 1.82) is 0 Å². The first-order valence-corrected chi connectivity index (χ1v) is 6.81. The van der Waals surface area contributed by atoms with Gasteiger partial charge in [-0.05, 0) is 25.1 Å². The van der Waals surface area contributed by atoms with Crippen LogP contribution in [0.5, 0.6) is 0 Å². The summed E-state index contributed by atoms with van der Waals surface area (Å²) in [6.07, 6.45) is 0.897. The molecular weight excluding hydrogens is 252 g/mol. The highest BCUT2D eigenvalue weighted by molar-refractivity contribution is 7.26. The van der Waals surface area contributed by atoms with Gasteiger partial charge in [0.15, 0.2) is 6.29 Å². The molecule has 3 rings (SSSR count). The van der Waals surface area contributed by atoms with Crippen LogP contribution in [0.3, 0.4) is 0 Å². The number of carbonyl (C=O) groups excluding carboxylic acids is 1. The normalized spacial score (nSPS) is 11.2. The van der Waals surface area contributed by atoms with Gasteiger partial charge in [-0.3, -0.25) is 9.48 Å². The van der Waals surface area contributed by atoms with Crippen molar-refractivity contribution in [1.82, 2.24) is 9.78 Å². The molecule has 3 aromatic heterocycles. The van der Waals surface area contributed by atoms with E-state index in [0.717, 1.165) is 21.7 Å². The lowest BCUT2D eigenvalue weighted by molar-refractivity contribution is 0.112. The Kier molecular flexibility index (Phi) is 2.38. The molecule has 3 nitrogen and oxygen atoms in total. The fourth-order valence-corrected chi connectivity index (χ4v) is 3.90. The first-order chi connectivity index (χ1) is 8.19. The van der Waals surface area contributed by atoms with E-state index in [2.05, 4.69) is 11.2 Å². The summed E-state index contributed by atoms with van der Waals surface area (Å²) < 4.78 is 1.91. The summed E-state index contributed by atoms with van der Waals surface area (Å²) in [5.74, 6) is 0. The van der Waals surface area contributed by atoms with E-state index >= 15 is 0 Å². The Bertz CT molecular complexity index is 671. The van der Waals surface area contributed by atoms with Crippen molar-refractivity contribution < 1.29 is 4.79 Å². The minimum atomic E-state index is 0.771. The van der Waals surface area contributed by atoms with Crippen LogP contribution < -0.4 is 0 Å². The summed E-state index contributed by atoms with van der Waals surface area (Å²) in [6.45, 7) is 2.02. The van der Waals surface area contributed by atoms with E-state index in [1.54, 1.807) is 11.3 Å². The average molecular weight is 262 g/mol. The molecule has 0 radical (unpaired) electrons. The monoisotopic (exact) mass is 262 g/mol. The molecule has 0 bridgehead atoms. The Hall–Kier alpha value is -1.46. The van der Waals surface area contributed by atoms with E-state index in [9.17, 15) is 4.79 Å². The fraction of sp³-hybridized carbons (Fsp3) is 0.167. The van der Waals surface area contributed by atoms with Crippen LogP contribution in [-0.2, 0) is 7.05 Å². The molecule has 0 aliphatic heterocycles. The second-order valence-corrected chi connectivity index (χ2v) is 6.00. The van der Waals surface area contributed by atoms with Crippen LogP contribution in [0, 0.1) is 6.92 Å². The summed E-state index contributed by atoms with van der Waals surface area (Å²) in [4.78, 5) is 15.0. The van der Waals surface area contributed by atoms with Crippen LogP contribution in [0.4, 0.5) is 0 Å². The van der Waals surface area contributed by atoms with Gasteiger partial charge in [0.25, 0.3) is 0 Å². The van der Waals surface area contributed by atoms with Crippen LogP contribution in [0.2, 0.25) is 0 Å². The SMILES string of the molecule is Cc1nn(C)c2sc(-c3ccc(C=O)s3)cc12. The van der Waals surface area contributed by atoms with Crippen molar-refractivity contribution in [2.75, 3.05) is 0 Å². The Morgan fingerprint density at radius 3 is 2.76 bits per heavy atom. The number of thiophene rings is 2. The third kappa shape index (κ3) is 1.62. The van der Waals surface area contributed by atoms with Gasteiger partial charge < -0.3 is 0 Å². The second kappa shape index (κ2) is 3.78. The quantitative estimate of drug-likeness (QED) is 0.663. The molecule has 0 spiro atoms. The highest BCUT2D eigenvalue weighted by atomic mass is 32.1. The average Bonchev–Trinajstić information content (AvgIpc) is 2.98. The molecule has 3 heterocycles. The number of aryl methyl sites for hydroxylation is 2. The molecule has 17 heavy (non-hydrogen) atoms. The van der Waals surface area contributed by atoms with Crippen LogP contribution in [0.15, 0.2) is 18.2 Å². The number of aldehydes is 1. The minimum Gasteiger partial charge on any atom is -0.297 e. The van der Waals surface area contributed by atoms with Gasteiger partial charge in [0.05, 0.1) is 10.6 Å². The van der Waals surface area contributed by atoms with Crippen LogP contribution in [0.25, 0.3) is 20.0 Å². The number of hydrogen-bond acceptors (Lipinski definition) is 4. The van der Waals surface area contributed by atoms with E-state index < -0.39 is 0 Å². The minimum absolute atomic E-state index is 0.771. The molecular formula is C12H10N2OS2. The molecule has 0 saturated heterocycles. The van der Waals surface area contributed by atoms with E-state index in [-0.39, 0.29) is 0 Å². The van der Waals surface area contributed by atoms with Gasteiger partial charge in [0, 0.05) is 22.2 Å². The molecule has 0 aliphatic rings. The van der Waals surface area contributed by atoms with E-state index in [0.29, 0.717) is 0 Å².